The van der Waals surface area contributed by atoms with Crippen LogP contribution in [-0.2, 0) is 14.3 Å². The molecule has 6 nitrogen and oxygen atoms in total. The van der Waals surface area contributed by atoms with E-state index < -0.39 is 65.6 Å². The van der Waals surface area contributed by atoms with Crippen LogP contribution in [0.4, 0.5) is 26.3 Å². The van der Waals surface area contributed by atoms with Crippen LogP contribution in [0.1, 0.15) is 62.8 Å². The molecule has 0 saturated carbocycles. The summed E-state index contributed by atoms with van der Waals surface area (Å²) in [6.45, 7) is 11.1. The van der Waals surface area contributed by atoms with Gasteiger partial charge in [0.1, 0.15) is 17.7 Å². The second-order valence-corrected chi connectivity index (χ2v) is 9.96. The Balaban J connectivity index is 0. The summed E-state index contributed by atoms with van der Waals surface area (Å²) in [5.41, 5.74) is 2.76. The van der Waals surface area contributed by atoms with Gasteiger partial charge in [0.25, 0.3) is 5.56 Å². The molecule has 1 heterocycles. The molecule has 0 saturated heterocycles. The third kappa shape index (κ3) is 14.5. The predicted octanol–water partition coefficient (Wildman–Crippen LogP) is 4.81. The van der Waals surface area contributed by atoms with Crippen molar-refractivity contribution in [2.75, 3.05) is 6.61 Å². The molecule has 1 aromatic heterocycles. The van der Waals surface area contributed by atoms with Gasteiger partial charge >= 0.3 is 81.0 Å². The van der Waals surface area contributed by atoms with E-state index in [2.05, 4.69) is 11.3 Å². The number of pyridine rings is 1. The number of primary amides is 1. The van der Waals surface area contributed by atoms with Gasteiger partial charge in [-0.25, -0.2) is 13.2 Å². The molecule has 1 unspecified atom stereocenters. The topological polar surface area (TPSA) is 91.4 Å². The Morgan fingerprint density at radius 3 is 2.18 bits per heavy atom. The van der Waals surface area contributed by atoms with Crippen LogP contribution in [0.5, 0.6) is 0 Å². The summed E-state index contributed by atoms with van der Waals surface area (Å²) >= 11 is 0. The van der Waals surface area contributed by atoms with E-state index in [0.717, 1.165) is 6.07 Å². The maximum atomic E-state index is 14.8. The number of aromatic nitrogens is 1. The molecule has 244 valence electrons. The quantitative estimate of drug-likeness (QED) is 0.154. The van der Waals surface area contributed by atoms with Gasteiger partial charge in [0.15, 0.2) is 5.83 Å². The van der Waals surface area contributed by atoms with Gasteiger partial charge in [0, 0.05) is 29.8 Å². The minimum Gasteiger partial charge on any atom is -0.466 e. The molecule has 0 aliphatic rings. The first-order valence-corrected chi connectivity index (χ1v) is 13.3. The van der Waals surface area contributed by atoms with Gasteiger partial charge in [-0.05, 0) is 68.0 Å². The molecule has 0 radical (unpaired) electrons. The van der Waals surface area contributed by atoms with Crippen LogP contribution in [0.15, 0.2) is 71.2 Å². The van der Waals surface area contributed by atoms with Crippen molar-refractivity contribution < 1.29 is 110 Å². The number of alkyl halides is 3. The maximum Gasteiger partial charge on any atom is 1.00 e. The van der Waals surface area contributed by atoms with Gasteiger partial charge < -0.3 is 22.5 Å². The SMILES string of the molecule is C=C(/C=C(\C(F)=C(/F)CCC(=O)OCC)c1c(C)ccc(F)c1C)C(F)(F)F.CC(C)CC(C(N)=O)n1ccccc1=O.[CH3-].[Cs+]. The molecule has 1 amide bonds. The summed E-state index contributed by atoms with van der Waals surface area (Å²) in [4.78, 5) is 34.1. The normalized spacial score (nSPS) is 12.5. The van der Waals surface area contributed by atoms with Crippen molar-refractivity contribution in [1.29, 1.82) is 0 Å². The zero-order chi connectivity index (χ0) is 33.1. The number of benzene rings is 1. The Bertz CT molecular complexity index is 1430. The van der Waals surface area contributed by atoms with Gasteiger partial charge in [-0.1, -0.05) is 32.6 Å². The van der Waals surface area contributed by atoms with E-state index in [4.69, 9.17) is 5.73 Å². The number of hydrogen-bond donors (Lipinski definition) is 1. The number of carbonyl (C=O) groups excluding carboxylic acids is 2. The fourth-order valence-corrected chi connectivity index (χ4v) is 3.95. The minimum absolute atomic E-state index is 0. The number of hydrogen-bond acceptors (Lipinski definition) is 4. The fourth-order valence-electron chi connectivity index (χ4n) is 3.95. The summed E-state index contributed by atoms with van der Waals surface area (Å²) in [6, 6.07) is 6.56. The zero-order valence-electron chi connectivity index (χ0n) is 26.7. The van der Waals surface area contributed by atoms with Gasteiger partial charge in [-0.15, -0.1) is 0 Å². The van der Waals surface area contributed by atoms with Gasteiger partial charge in [-0.2, -0.15) is 13.2 Å². The number of rotatable bonds is 11. The summed E-state index contributed by atoms with van der Waals surface area (Å²) in [7, 11) is 0. The van der Waals surface area contributed by atoms with Crippen molar-refractivity contribution in [2.45, 2.75) is 66.1 Å². The number of allylic oxidation sites excluding steroid dienone is 5. The number of nitrogens with zero attached hydrogens (tertiary/aromatic N) is 1. The summed E-state index contributed by atoms with van der Waals surface area (Å²) < 4.78 is 87.7. The maximum absolute atomic E-state index is 14.8. The van der Waals surface area contributed by atoms with Gasteiger partial charge in [-0.3, -0.25) is 14.4 Å². The largest absolute Gasteiger partial charge is 1.00 e. The van der Waals surface area contributed by atoms with Crippen LogP contribution < -0.4 is 80.2 Å². The van der Waals surface area contributed by atoms with E-state index in [1.165, 1.54) is 37.5 Å². The van der Waals surface area contributed by atoms with Crippen LogP contribution in [0.2, 0.25) is 0 Å². The summed E-state index contributed by atoms with van der Waals surface area (Å²) in [5.74, 6) is -4.78. The number of nitrogens with two attached hydrogens (primary N) is 1. The Hall–Kier alpha value is -2.04. The molecule has 0 aliphatic carbocycles. The molecule has 13 heteroatoms. The fraction of sp³-hybridized carbons (Fsp3) is 0.375. The standard InChI is InChI=1S/C20H20F6O2.C11H16N2O2.CH3.Cs/c1-5-28-17(27)9-8-16(22)19(23)14(10-12(3)20(24,25)26)18-11(2)6-7-15(21)13(18)4;1-8(2)7-9(11(12)15)13-6-4-3-5-10(13)14;;/h6-7,10H,3,5,8-9H2,1-2,4H3;3-6,8-9H,7H2,1-2H3,(H2,12,15);1H3;/q;;-1;+1/b14-10-,19-16+;;;. The number of ether oxygens (including phenoxy) is 1. The number of halogens is 6. The van der Waals surface area contributed by atoms with E-state index in [1.54, 1.807) is 18.3 Å². The third-order valence-corrected chi connectivity index (χ3v) is 6.10. The average Bonchev–Trinajstić information content (AvgIpc) is 2.91. The van der Waals surface area contributed by atoms with Crippen LogP contribution in [0.25, 0.3) is 5.57 Å². The first-order chi connectivity index (χ1) is 19.9. The molecule has 0 aliphatic heterocycles. The molecule has 45 heavy (non-hydrogen) atoms. The second-order valence-electron chi connectivity index (χ2n) is 9.96. The second kappa shape index (κ2) is 21.0. The summed E-state index contributed by atoms with van der Waals surface area (Å²) in [6.07, 6.45) is -3.59. The number of carbonyl (C=O) groups is 2. The molecular weight excluding hydrogens is 723 g/mol. The Kier molecular flexibility index (Phi) is 21.0. The zero-order valence-corrected chi connectivity index (χ0v) is 32.9. The third-order valence-electron chi connectivity index (χ3n) is 6.10. The number of esters is 1. The minimum atomic E-state index is -4.89. The van der Waals surface area contributed by atoms with Gasteiger partial charge in [0.2, 0.25) is 5.91 Å². The van der Waals surface area contributed by atoms with Crippen LogP contribution in [0, 0.1) is 33.0 Å². The van der Waals surface area contributed by atoms with Crippen molar-refractivity contribution in [3.8, 4) is 0 Å². The Morgan fingerprint density at radius 1 is 1.09 bits per heavy atom. The molecular formula is C32H39CsF6N2O4. The van der Waals surface area contributed by atoms with Crippen LogP contribution in [-0.4, -0.2) is 29.2 Å². The number of aryl methyl sites for hydroxylation is 1. The Morgan fingerprint density at radius 2 is 1.69 bits per heavy atom. The van der Waals surface area contributed by atoms with E-state index in [-0.39, 0.29) is 105 Å². The smallest absolute Gasteiger partial charge is 0.466 e. The van der Waals surface area contributed by atoms with E-state index in [1.807, 2.05) is 13.8 Å². The average molecular weight is 763 g/mol. The van der Waals surface area contributed by atoms with Crippen molar-refractivity contribution >= 4 is 17.4 Å². The molecule has 1 aromatic carbocycles. The van der Waals surface area contributed by atoms with E-state index in [9.17, 15) is 40.7 Å². The van der Waals surface area contributed by atoms with Crippen LogP contribution in [0.3, 0.4) is 0 Å². The van der Waals surface area contributed by atoms with Crippen LogP contribution >= 0.6 is 0 Å². The van der Waals surface area contributed by atoms with Crippen molar-refractivity contribution in [3.05, 3.63) is 107 Å². The first kappa shape index (κ1) is 45.1. The Labute approximate surface area is 319 Å². The first-order valence-electron chi connectivity index (χ1n) is 13.3. The molecule has 0 spiro atoms. The molecule has 2 aromatic rings. The molecule has 2 rings (SSSR count). The molecule has 0 bridgehead atoms. The molecule has 1 atom stereocenters. The summed E-state index contributed by atoms with van der Waals surface area (Å²) in [5, 5.41) is 0. The van der Waals surface area contributed by atoms with Crippen molar-refractivity contribution in [1.82, 2.24) is 4.57 Å². The monoisotopic (exact) mass is 762 g/mol. The predicted molar refractivity (Wildman–Crippen MR) is 159 cm³/mol. The van der Waals surface area contributed by atoms with E-state index in [0.29, 0.717) is 18.4 Å². The van der Waals surface area contributed by atoms with Crippen molar-refractivity contribution in [2.24, 2.45) is 11.7 Å². The molecule has 2 N–H and O–H groups in total. The number of amides is 1. The van der Waals surface area contributed by atoms with Gasteiger partial charge in [0.05, 0.1) is 13.0 Å². The van der Waals surface area contributed by atoms with Crippen molar-refractivity contribution in [3.63, 3.8) is 0 Å². The molecule has 0 fully saturated rings. The van der Waals surface area contributed by atoms with E-state index >= 15 is 0 Å².